The van der Waals surface area contributed by atoms with Crippen molar-refractivity contribution in [2.24, 2.45) is 0 Å². The minimum absolute atomic E-state index is 0.0799. The van der Waals surface area contributed by atoms with Crippen molar-refractivity contribution in [1.82, 2.24) is 19.7 Å². The summed E-state index contributed by atoms with van der Waals surface area (Å²) >= 11 is 0. The molecule has 1 N–H and O–H groups in total. The van der Waals surface area contributed by atoms with Gasteiger partial charge in [0, 0.05) is 42.3 Å². The van der Waals surface area contributed by atoms with Crippen molar-refractivity contribution in [3.8, 4) is 11.3 Å². The van der Waals surface area contributed by atoms with Crippen LogP contribution < -0.4 is 5.32 Å². The van der Waals surface area contributed by atoms with Crippen molar-refractivity contribution in [3.63, 3.8) is 0 Å². The third-order valence-electron chi connectivity index (χ3n) is 4.75. The van der Waals surface area contributed by atoms with Crippen LogP contribution >= 0.6 is 0 Å². The number of nitrogens with zero attached hydrogens (tertiary/aromatic N) is 3. The second-order valence-corrected chi connectivity index (χ2v) is 7.68. The van der Waals surface area contributed by atoms with E-state index in [0.29, 0.717) is 6.42 Å². The summed E-state index contributed by atoms with van der Waals surface area (Å²) in [5.74, 6) is 1.13. The Morgan fingerprint density at radius 1 is 1.20 bits per heavy atom. The minimum atomic E-state index is -0.0799. The first kappa shape index (κ1) is 15.8. The van der Waals surface area contributed by atoms with Crippen LogP contribution in [0.3, 0.4) is 0 Å². The van der Waals surface area contributed by atoms with Crippen molar-refractivity contribution in [2.45, 2.75) is 38.5 Å². The fourth-order valence-electron chi connectivity index (χ4n) is 3.44. The molecule has 4 rings (SSSR count). The maximum absolute atomic E-state index is 11.5. The lowest BCUT2D eigenvalue weighted by Crippen LogP contribution is -2.13. The zero-order chi connectivity index (χ0) is 17.6. The molecule has 128 valence electrons. The number of aromatic nitrogens is 3. The molecule has 1 saturated heterocycles. The number of hydrogen-bond donors (Lipinski definition) is 1. The molecule has 0 spiro atoms. The van der Waals surface area contributed by atoms with Crippen molar-refractivity contribution >= 4 is 11.7 Å². The molecular formula is C20H22N4O. The summed E-state index contributed by atoms with van der Waals surface area (Å²) in [6.45, 7) is 7.23. The molecule has 1 aliphatic heterocycles. The van der Waals surface area contributed by atoms with E-state index < -0.39 is 0 Å². The van der Waals surface area contributed by atoms with Crippen molar-refractivity contribution in [3.05, 3.63) is 54.0 Å². The predicted molar refractivity (Wildman–Crippen MR) is 97.5 cm³/mol. The average molecular weight is 334 g/mol. The summed E-state index contributed by atoms with van der Waals surface area (Å²) in [5, 5.41) is 2.90. The molecule has 5 heteroatoms. The van der Waals surface area contributed by atoms with Crippen molar-refractivity contribution < 1.29 is 4.79 Å². The summed E-state index contributed by atoms with van der Waals surface area (Å²) in [4.78, 5) is 20.6. The van der Waals surface area contributed by atoms with E-state index in [9.17, 15) is 4.79 Å². The number of rotatable bonds is 2. The van der Waals surface area contributed by atoms with Gasteiger partial charge in [-0.15, -0.1) is 0 Å². The number of carbonyl (C=O) groups is 1. The molecule has 3 heterocycles. The lowest BCUT2D eigenvalue weighted by molar-refractivity contribution is -0.119. The van der Waals surface area contributed by atoms with Gasteiger partial charge in [-0.25, -0.2) is 9.97 Å². The molecule has 5 nitrogen and oxygen atoms in total. The van der Waals surface area contributed by atoms with Crippen LogP contribution in [0.1, 0.15) is 44.4 Å². The fourth-order valence-corrected chi connectivity index (χ4v) is 3.44. The highest BCUT2D eigenvalue weighted by molar-refractivity contribution is 5.79. The Hall–Kier alpha value is -2.69. The smallest absolute Gasteiger partial charge is 0.234 e. The number of hydrogen-bond acceptors (Lipinski definition) is 3. The number of imidazole rings is 1. The second-order valence-electron chi connectivity index (χ2n) is 7.68. The summed E-state index contributed by atoms with van der Waals surface area (Å²) in [7, 11) is 0. The predicted octanol–water partition coefficient (Wildman–Crippen LogP) is 3.30. The molecule has 0 radical (unpaired) electrons. The van der Waals surface area contributed by atoms with Crippen LogP contribution in [-0.2, 0) is 10.2 Å². The van der Waals surface area contributed by atoms with Gasteiger partial charge in [0.2, 0.25) is 11.7 Å². The second kappa shape index (κ2) is 5.69. The van der Waals surface area contributed by atoms with Crippen LogP contribution in [0.25, 0.3) is 17.0 Å². The lowest BCUT2D eigenvalue weighted by atomic mass is 9.88. The highest BCUT2D eigenvalue weighted by Crippen LogP contribution is 2.34. The van der Waals surface area contributed by atoms with E-state index in [1.807, 2.05) is 12.3 Å². The number of carbonyl (C=O) groups excluding carboxylic acids is 1. The lowest BCUT2D eigenvalue weighted by Gasteiger charge is -2.18. The molecule has 1 unspecified atom stereocenters. The van der Waals surface area contributed by atoms with Crippen molar-refractivity contribution in [2.75, 3.05) is 6.54 Å². The van der Waals surface area contributed by atoms with Gasteiger partial charge in [0.05, 0.1) is 11.4 Å². The molecule has 25 heavy (non-hydrogen) atoms. The normalized spacial score (nSPS) is 17.9. The van der Waals surface area contributed by atoms with Crippen LogP contribution in [0, 0.1) is 0 Å². The maximum atomic E-state index is 11.5. The summed E-state index contributed by atoms with van der Waals surface area (Å²) in [6.07, 6.45) is 4.35. The Morgan fingerprint density at radius 2 is 1.96 bits per heavy atom. The Bertz CT molecular complexity index is 934. The van der Waals surface area contributed by atoms with Crippen LogP contribution in [0.4, 0.5) is 0 Å². The number of fused-ring (bicyclic) bond motifs is 1. The van der Waals surface area contributed by atoms with Gasteiger partial charge >= 0.3 is 0 Å². The topological polar surface area (TPSA) is 59.3 Å². The van der Waals surface area contributed by atoms with Gasteiger partial charge < -0.3 is 5.32 Å². The van der Waals surface area contributed by atoms with E-state index in [2.05, 4.69) is 59.7 Å². The molecule has 1 aliphatic rings. The Balaban J connectivity index is 1.80. The largest absolute Gasteiger partial charge is 0.355 e. The van der Waals surface area contributed by atoms with Crippen molar-refractivity contribution in [1.29, 1.82) is 0 Å². The quantitative estimate of drug-likeness (QED) is 0.782. The van der Waals surface area contributed by atoms with Crippen LogP contribution in [0.5, 0.6) is 0 Å². The molecule has 1 fully saturated rings. The number of amides is 1. The zero-order valence-corrected chi connectivity index (χ0v) is 14.8. The van der Waals surface area contributed by atoms with Gasteiger partial charge in [0.15, 0.2) is 0 Å². The van der Waals surface area contributed by atoms with E-state index in [-0.39, 0.29) is 17.2 Å². The van der Waals surface area contributed by atoms with Gasteiger partial charge in [-0.1, -0.05) is 45.0 Å². The van der Waals surface area contributed by atoms with Crippen LogP contribution in [-0.4, -0.2) is 26.8 Å². The summed E-state index contributed by atoms with van der Waals surface area (Å²) in [6, 6.07) is 10.4. The van der Waals surface area contributed by atoms with E-state index in [1.165, 1.54) is 5.56 Å². The molecule has 1 aromatic carbocycles. The molecule has 1 atom stereocenters. The first-order valence-corrected chi connectivity index (χ1v) is 8.64. The van der Waals surface area contributed by atoms with Gasteiger partial charge in [0.1, 0.15) is 0 Å². The highest BCUT2D eigenvalue weighted by atomic mass is 16.1. The molecule has 0 aliphatic carbocycles. The Kier molecular flexibility index (Phi) is 3.60. The number of benzene rings is 1. The first-order chi connectivity index (χ1) is 11.9. The molecule has 2 aromatic heterocycles. The molecule has 0 bridgehead atoms. The van der Waals surface area contributed by atoms with Gasteiger partial charge in [-0.2, -0.15) is 0 Å². The molecule has 1 amide bonds. The zero-order valence-electron chi connectivity index (χ0n) is 14.8. The van der Waals surface area contributed by atoms with Gasteiger partial charge in [0.25, 0.3) is 0 Å². The number of nitrogens with one attached hydrogen (secondary N) is 1. The maximum Gasteiger partial charge on any atom is 0.234 e. The Morgan fingerprint density at radius 3 is 2.60 bits per heavy atom. The molecule has 0 saturated carbocycles. The Labute approximate surface area is 147 Å². The van der Waals surface area contributed by atoms with E-state index in [4.69, 9.17) is 4.98 Å². The standard InChI is InChI=1S/C20H22N4O/c1-20(2,3)18-17(24-10-4-9-21-19(24)23-18)14-7-5-13(6-8-14)15-11-16(25)22-12-15/h4-10,15H,11-12H2,1-3H3,(H,22,25). The van der Waals surface area contributed by atoms with E-state index >= 15 is 0 Å². The van der Waals surface area contributed by atoms with Gasteiger partial charge in [-0.3, -0.25) is 9.20 Å². The third kappa shape index (κ3) is 2.80. The summed E-state index contributed by atoms with van der Waals surface area (Å²) < 4.78 is 2.05. The SMILES string of the molecule is CC(C)(C)c1nc2ncccn2c1-c1ccc(C2CNC(=O)C2)cc1. The molecular weight excluding hydrogens is 312 g/mol. The molecule has 3 aromatic rings. The minimum Gasteiger partial charge on any atom is -0.355 e. The third-order valence-corrected chi connectivity index (χ3v) is 4.75. The van der Waals surface area contributed by atoms with E-state index in [1.54, 1.807) is 6.20 Å². The van der Waals surface area contributed by atoms with Gasteiger partial charge in [-0.05, 0) is 11.6 Å². The van der Waals surface area contributed by atoms with Crippen LogP contribution in [0.15, 0.2) is 42.7 Å². The summed E-state index contributed by atoms with van der Waals surface area (Å²) in [5.41, 5.74) is 4.36. The first-order valence-electron chi connectivity index (χ1n) is 8.64. The highest BCUT2D eigenvalue weighted by Gasteiger charge is 2.26. The van der Waals surface area contributed by atoms with E-state index in [0.717, 1.165) is 29.3 Å². The monoisotopic (exact) mass is 334 g/mol. The van der Waals surface area contributed by atoms with Crippen LogP contribution in [0.2, 0.25) is 0 Å². The average Bonchev–Trinajstić information content (AvgIpc) is 3.18. The fraction of sp³-hybridized carbons (Fsp3) is 0.350.